The molecule has 1 saturated heterocycles. The molecule has 3 aromatic rings. The molecule has 32 heavy (non-hydrogen) atoms. The maximum absolute atomic E-state index is 13.8. The highest BCUT2D eigenvalue weighted by Gasteiger charge is 2.38. The van der Waals surface area contributed by atoms with Crippen molar-refractivity contribution in [1.82, 2.24) is 9.80 Å². The SMILES string of the molecule is O=C(c1ccc(F)cc1)N1CCCC(C(=O)N2CCc3sccc3C2c2ccccc2)C1. The monoisotopic (exact) mass is 448 g/mol. The Labute approximate surface area is 191 Å². The van der Waals surface area contributed by atoms with Crippen LogP contribution in [0.4, 0.5) is 4.39 Å². The molecule has 164 valence electrons. The minimum absolute atomic E-state index is 0.0816. The van der Waals surface area contributed by atoms with Crippen molar-refractivity contribution in [1.29, 1.82) is 0 Å². The van der Waals surface area contributed by atoms with Crippen LogP contribution in [0.2, 0.25) is 0 Å². The molecule has 0 saturated carbocycles. The van der Waals surface area contributed by atoms with Crippen LogP contribution >= 0.6 is 11.3 Å². The van der Waals surface area contributed by atoms with Gasteiger partial charge in [0.25, 0.3) is 5.91 Å². The summed E-state index contributed by atoms with van der Waals surface area (Å²) >= 11 is 1.76. The Morgan fingerprint density at radius 2 is 1.75 bits per heavy atom. The summed E-state index contributed by atoms with van der Waals surface area (Å²) in [6.07, 6.45) is 2.43. The molecule has 5 rings (SSSR count). The summed E-state index contributed by atoms with van der Waals surface area (Å²) in [7, 11) is 0. The second-order valence-corrected chi connectivity index (χ2v) is 9.49. The smallest absolute Gasteiger partial charge is 0.253 e. The molecular weight excluding hydrogens is 423 g/mol. The topological polar surface area (TPSA) is 40.6 Å². The molecule has 2 aromatic carbocycles. The van der Waals surface area contributed by atoms with Gasteiger partial charge in [0.05, 0.1) is 12.0 Å². The van der Waals surface area contributed by atoms with Crippen LogP contribution in [-0.2, 0) is 11.2 Å². The van der Waals surface area contributed by atoms with Crippen LogP contribution in [0.1, 0.15) is 45.2 Å². The molecule has 3 heterocycles. The molecule has 0 bridgehead atoms. The van der Waals surface area contributed by atoms with E-state index in [2.05, 4.69) is 23.6 Å². The molecule has 0 spiro atoms. The molecule has 0 N–H and O–H groups in total. The summed E-state index contributed by atoms with van der Waals surface area (Å²) in [6, 6.07) is 17.9. The van der Waals surface area contributed by atoms with Crippen molar-refractivity contribution >= 4 is 23.2 Å². The molecule has 2 aliphatic rings. The van der Waals surface area contributed by atoms with Crippen LogP contribution in [0.15, 0.2) is 66.0 Å². The molecule has 6 heteroatoms. The Hall–Kier alpha value is -2.99. The molecule has 2 unspecified atom stereocenters. The van der Waals surface area contributed by atoms with Gasteiger partial charge in [-0.2, -0.15) is 0 Å². The van der Waals surface area contributed by atoms with E-state index in [1.807, 2.05) is 23.1 Å². The first-order chi connectivity index (χ1) is 15.6. The third-order valence-corrected chi connectivity index (χ3v) is 7.51. The fraction of sp³-hybridized carbons (Fsp3) is 0.308. The minimum atomic E-state index is -0.363. The van der Waals surface area contributed by atoms with Gasteiger partial charge in [-0.05, 0) is 66.1 Å². The van der Waals surface area contributed by atoms with Gasteiger partial charge in [0.2, 0.25) is 5.91 Å². The number of fused-ring (bicyclic) bond motifs is 1. The summed E-state index contributed by atoms with van der Waals surface area (Å²) in [5.74, 6) is -0.606. The van der Waals surface area contributed by atoms with E-state index in [1.165, 1.54) is 34.7 Å². The molecule has 2 atom stereocenters. The lowest BCUT2D eigenvalue weighted by Gasteiger charge is -2.40. The number of halogens is 1. The summed E-state index contributed by atoms with van der Waals surface area (Å²) in [4.78, 5) is 31.8. The number of thiophene rings is 1. The van der Waals surface area contributed by atoms with Gasteiger partial charge in [0, 0.05) is 30.1 Å². The Balaban J connectivity index is 1.38. The van der Waals surface area contributed by atoms with Crippen LogP contribution < -0.4 is 0 Å². The maximum atomic E-state index is 13.8. The first-order valence-electron chi connectivity index (χ1n) is 11.1. The zero-order valence-electron chi connectivity index (χ0n) is 17.7. The van der Waals surface area contributed by atoms with E-state index >= 15 is 0 Å². The van der Waals surface area contributed by atoms with Gasteiger partial charge in [-0.1, -0.05) is 30.3 Å². The minimum Gasteiger partial charge on any atom is -0.338 e. The van der Waals surface area contributed by atoms with E-state index in [0.29, 0.717) is 25.2 Å². The van der Waals surface area contributed by atoms with Crippen LogP contribution in [0.3, 0.4) is 0 Å². The second-order valence-electron chi connectivity index (χ2n) is 8.49. The van der Waals surface area contributed by atoms with Gasteiger partial charge in [-0.3, -0.25) is 9.59 Å². The van der Waals surface area contributed by atoms with Crippen molar-refractivity contribution in [2.24, 2.45) is 5.92 Å². The number of amides is 2. The van der Waals surface area contributed by atoms with Gasteiger partial charge in [-0.15, -0.1) is 11.3 Å². The first-order valence-corrected chi connectivity index (χ1v) is 12.0. The van der Waals surface area contributed by atoms with Crippen LogP contribution in [0, 0.1) is 11.7 Å². The van der Waals surface area contributed by atoms with E-state index in [4.69, 9.17) is 0 Å². The van der Waals surface area contributed by atoms with Gasteiger partial charge < -0.3 is 9.80 Å². The van der Waals surface area contributed by atoms with E-state index < -0.39 is 0 Å². The number of likely N-dealkylation sites (tertiary alicyclic amines) is 1. The van der Waals surface area contributed by atoms with Gasteiger partial charge in [-0.25, -0.2) is 4.39 Å². The van der Waals surface area contributed by atoms with Gasteiger partial charge in [0.1, 0.15) is 5.82 Å². The molecule has 2 aliphatic heterocycles. The third-order valence-electron chi connectivity index (χ3n) is 6.51. The van der Waals surface area contributed by atoms with Gasteiger partial charge in [0.15, 0.2) is 0 Å². The Morgan fingerprint density at radius 1 is 0.969 bits per heavy atom. The molecule has 1 fully saturated rings. The average Bonchev–Trinajstić information content (AvgIpc) is 3.32. The van der Waals surface area contributed by atoms with Crippen molar-refractivity contribution in [3.63, 3.8) is 0 Å². The number of hydrogen-bond donors (Lipinski definition) is 0. The van der Waals surface area contributed by atoms with E-state index in [-0.39, 0.29) is 29.6 Å². The van der Waals surface area contributed by atoms with Crippen molar-refractivity contribution in [3.8, 4) is 0 Å². The van der Waals surface area contributed by atoms with Gasteiger partial charge >= 0.3 is 0 Å². The normalized spacial score (nSPS) is 20.7. The van der Waals surface area contributed by atoms with Crippen molar-refractivity contribution in [2.45, 2.75) is 25.3 Å². The second kappa shape index (κ2) is 8.87. The quantitative estimate of drug-likeness (QED) is 0.571. The Kier molecular flexibility index (Phi) is 5.79. The van der Waals surface area contributed by atoms with E-state index in [1.54, 1.807) is 16.2 Å². The first kappa shape index (κ1) is 20.9. The maximum Gasteiger partial charge on any atom is 0.253 e. The molecule has 0 aliphatic carbocycles. The highest BCUT2D eigenvalue weighted by Crippen LogP contribution is 2.39. The molecule has 0 radical (unpaired) electrons. The number of hydrogen-bond acceptors (Lipinski definition) is 3. The predicted octanol–water partition coefficient (Wildman–Crippen LogP) is 4.91. The van der Waals surface area contributed by atoms with Crippen LogP contribution in [-0.4, -0.2) is 41.2 Å². The van der Waals surface area contributed by atoms with E-state index in [9.17, 15) is 14.0 Å². The molecule has 2 amide bonds. The zero-order chi connectivity index (χ0) is 22.1. The lowest BCUT2D eigenvalue weighted by molar-refractivity contribution is -0.139. The summed E-state index contributed by atoms with van der Waals surface area (Å²) in [5.41, 5.74) is 2.80. The number of piperidine rings is 1. The Bertz CT molecular complexity index is 1110. The fourth-order valence-corrected chi connectivity index (χ4v) is 5.83. The van der Waals surface area contributed by atoms with Crippen molar-refractivity contribution < 1.29 is 14.0 Å². The number of carbonyl (C=O) groups excluding carboxylic acids is 2. The predicted molar refractivity (Wildman–Crippen MR) is 123 cm³/mol. The highest BCUT2D eigenvalue weighted by atomic mass is 32.1. The molecule has 1 aromatic heterocycles. The average molecular weight is 449 g/mol. The molecule has 4 nitrogen and oxygen atoms in total. The highest BCUT2D eigenvalue weighted by molar-refractivity contribution is 7.10. The largest absolute Gasteiger partial charge is 0.338 e. The Morgan fingerprint density at radius 3 is 2.53 bits per heavy atom. The number of carbonyl (C=O) groups is 2. The third kappa shape index (κ3) is 3.95. The summed E-state index contributed by atoms with van der Waals surface area (Å²) in [6.45, 7) is 1.72. The number of nitrogens with zero attached hydrogens (tertiary/aromatic N) is 2. The van der Waals surface area contributed by atoms with Crippen LogP contribution in [0.5, 0.6) is 0 Å². The lowest BCUT2D eigenvalue weighted by atomic mass is 9.89. The van der Waals surface area contributed by atoms with Crippen molar-refractivity contribution in [2.75, 3.05) is 19.6 Å². The number of rotatable bonds is 3. The number of benzene rings is 2. The zero-order valence-corrected chi connectivity index (χ0v) is 18.6. The fourth-order valence-electron chi connectivity index (χ4n) is 4.92. The van der Waals surface area contributed by atoms with Crippen molar-refractivity contribution in [3.05, 3.63) is 93.4 Å². The molecular formula is C26H25FN2O2S. The summed E-state index contributed by atoms with van der Waals surface area (Å²) in [5, 5.41) is 2.11. The lowest BCUT2D eigenvalue weighted by Crippen LogP contribution is -2.49. The summed E-state index contributed by atoms with van der Waals surface area (Å²) < 4.78 is 13.3. The standard InChI is InChI=1S/C26H25FN2O2S/c27-21-10-8-19(9-11-21)25(30)28-14-4-7-20(17-28)26(31)29-15-12-23-22(13-16-32-23)24(29)18-5-2-1-3-6-18/h1-3,5-6,8-11,13,16,20,24H,4,7,12,14-15,17H2. The van der Waals surface area contributed by atoms with Crippen LogP contribution in [0.25, 0.3) is 0 Å². The van der Waals surface area contributed by atoms with E-state index in [0.717, 1.165) is 24.8 Å².